The molecule has 4 atom stereocenters. The van der Waals surface area contributed by atoms with Gasteiger partial charge in [0.25, 0.3) is 11.8 Å². The number of aliphatic hydroxyl groups excluding tert-OH is 1. The molecule has 4 aromatic carbocycles. The first-order valence-corrected chi connectivity index (χ1v) is 15.9. The van der Waals surface area contributed by atoms with Crippen molar-refractivity contribution in [2.45, 2.75) is 36.4 Å². The molecular formula is C34H28N2O5S2. The molecular weight excluding hydrogens is 581 g/mol. The third-order valence-electron chi connectivity index (χ3n) is 7.96. The summed E-state index contributed by atoms with van der Waals surface area (Å²) in [6, 6.07) is 30.0. The Kier molecular flexibility index (Phi) is 7.58. The Morgan fingerprint density at radius 2 is 1.58 bits per heavy atom. The van der Waals surface area contributed by atoms with Crippen molar-refractivity contribution < 1.29 is 24.2 Å². The number of imide groups is 1. The maximum absolute atomic E-state index is 13.2. The maximum atomic E-state index is 13.2. The number of aliphatic hydroxyl groups is 1. The highest BCUT2D eigenvalue weighted by Crippen LogP contribution is 2.44. The molecule has 0 saturated carbocycles. The Labute approximate surface area is 257 Å². The smallest absolute Gasteiger partial charge is 0.266 e. The van der Waals surface area contributed by atoms with Gasteiger partial charge in [-0.2, -0.15) is 0 Å². The van der Waals surface area contributed by atoms with Gasteiger partial charge in [-0.15, -0.1) is 11.3 Å². The monoisotopic (exact) mass is 608 g/mol. The molecule has 2 aliphatic heterocycles. The molecule has 1 saturated heterocycles. The van der Waals surface area contributed by atoms with Gasteiger partial charge in [-0.05, 0) is 47.5 Å². The van der Waals surface area contributed by atoms with Gasteiger partial charge in [0.1, 0.15) is 0 Å². The van der Waals surface area contributed by atoms with Crippen LogP contribution >= 0.6 is 23.1 Å². The summed E-state index contributed by atoms with van der Waals surface area (Å²) in [5.41, 5.74) is 4.79. The van der Waals surface area contributed by atoms with Gasteiger partial charge in [-0.3, -0.25) is 9.59 Å². The number of hydrogen-bond acceptors (Lipinski definition) is 8. The quantitative estimate of drug-likeness (QED) is 0.155. The van der Waals surface area contributed by atoms with Crippen LogP contribution in [0.15, 0.2) is 101 Å². The summed E-state index contributed by atoms with van der Waals surface area (Å²) in [6.07, 6.45) is -1.19. The highest BCUT2D eigenvalue weighted by Gasteiger charge is 2.40. The Morgan fingerprint density at radius 1 is 0.860 bits per heavy atom. The van der Waals surface area contributed by atoms with E-state index in [0.29, 0.717) is 28.1 Å². The molecule has 2 amide bonds. The minimum absolute atomic E-state index is 0.0116. The van der Waals surface area contributed by atoms with Crippen molar-refractivity contribution in [3.8, 4) is 0 Å². The van der Waals surface area contributed by atoms with Crippen molar-refractivity contribution in [3.63, 3.8) is 0 Å². The topological polar surface area (TPSA) is 89.0 Å². The molecule has 43 heavy (non-hydrogen) atoms. The number of fused-ring (bicyclic) bond motifs is 2. The van der Waals surface area contributed by atoms with Gasteiger partial charge in [0.15, 0.2) is 10.6 Å². The molecule has 7 nitrogen and oxygen atoms in total. The van der Waals surface area contributed by atoms with E-state index in [1.54, 1.807) is 59.5 Å². The van der Waals surface area contributed by atoms with Gasteiger partial charge in [-0.1, -0.05) is 79.3 Å². The maximum Gasteiger partial charge on any atom is 0.266 e. The number of ether oxygens (including phenoxy) is 2. The van der Waals surface area contributed by atoms with E-state index in [0.717, 1.165) is 25.7 Å². The summed E-state index contributed by atoms with van der Waals surface area (Å²) in [5.74, 6) is -0.00498. The number of anilines is 1. The number of carbonyl (C=O) groups excluding carboxylic acids is 2. The normalized spacial score (nSPS) is 21.9. The minimum atomic E-state index is -0.727. The zero-order valence-electron chi connectivity index (χ0n) is 23.3. The van der Waals surface area contributed by atoms with Crippen LogP contribution in [0.25, 0.3) is 10.2 Å². The van der Waals surface area contributed by atoms with Crippen molar-refractivity contribution in [1.82, 2.24) is 4.98 Å². The van der Waals surface area contributed by atoms with Crippen LogP contribution in [-0.2, 0) is 16.1 Å². The molecule has 0 bridgehead atoms. The minimum Gasteiger partial charge on any atom is -0.392 e. The fourth-order valence-corrected chi connectivity index (χ4v) is 7.87. The second-order valence-corrected chi connectivity index (χ2v) is 13.0. The SMILES string of the molecule is C[C@H]1[C@@H](CSc2nc3ccccc3s2)O[C@@H](c2cccc(N3C(=O)c4ccccc4C3=O)c2)O[C@H]1c1ccc(CO)cc1. The lowest BCUT2D eigenvalue weighted by Crippen LogP contribution is -2.38. The molecule has 7 rings (SSSR count). The van der Waals surface area contributed by atoms with Crippen molar-refractivity contribution in [3.05, 3.63) is 125 Å². The van der Waals surface area contributed by atoms with E-state index in [1.165, 1.54) is 4.90 Å². The van der Waals surface area contributed by atoms with Gasteiger partial charge in [-0.25, -0.2) is 9.88 Å². The fourth-order valence-electron chi connectivity index (χ4n) is 5.61. The molecule has 9 heteroatoms. The summed E-state index contributed by atoms with van der Waals surface area (Å²) >= 11 is 3.34. The molecule has 2 aliphatic rings. The second kappa shape index (κ2) is 11.7. The lowest BCUT2D eigenvalue weighted by molar-refractivity contribution is -0.268. The molecule has 0 spiro atoms. The number of aromatic nitrogens is 1. The third kappa shape index (κ3) is 5.28. The standard InChI is InChI=1S/C34H28N2O5S2/c1-20-28(19-42-34-35-27-11-4-5-12-29(27)43-34)40-33(41-30(20)22-15-13-21(18-37)14-16-22)23-7-6-8-24(17-23)36-31(38)25-9-2-3-10-26(25)32(36)39/h2-17,20,28,30,33,37H,18-19H2,1H3/t20-,28+,30+,33+/m0/s1. The molecule has 3 heterocycles. The Morgan fingerprint density at radius 3 is 2.30 bits per heavy atom. The van der Waals surface area contributed by atoms with Crippen molar-refractivity contribution in [2.24, 2.45) is 5.92 Å². The number of rotatable bonds is 7. The number of thiazole rings is 1. The number of carbonyl (C=O) groups is 2. The molecule has 0 aliphatic carbocycles. The number of thioether (sulfide) groups is 1. The van der Waals surface area contributed by atoms with E-state index in [1.807, 2.05) is 54.6 Å². The summed E-state index contributed by atoms with van der Waals surface area (Å²) < 4.78 is 15.4. The van der Waals surface area contributed by atoms with E-state index >= 15 is 0 Å². The first-order valence-electron chi connectivity index (χ1n) is 14.1. The fraction of sp³-hybridized carbons (Fsp3) is 0.206. The molecule has 0 unspecified atom stereocenters. The highest BCUT2D eigenvalue weighted by molar-refractivity contribution is 8.01. The average molecular weight is 609 g/mol. The number of amides is 2. The Bertz CT molecular complexity index is 1750. The number of benzene rings is 4. The van der Waals surface area contributed by atoms with Crippen LogP contribution in [0, 0.1) is 5.92 Å². The molecule has 1 fully saturated rings. The Balaban J connectivity index is 1.18. The lowest BCUT2D eigenvalue weighted by atomic mass is 9.91. The average Bonchev–Trinajstić information content (AvgIpc) is 3.58. The van der Waals surface area contributed by atoms with Crippen LogP contribution in [0.3, 0.4) is 0 Å². The summed E-state index contributed by atoms with van der Waals surface area (Å²) in [6.45, 7) is 2.10. The van der Waals surface area contributed by atoms with Crippen LogP contribution in [0.5, 0.6) is 0 Å². The third-order valence-corrected chi connectivity index (χ3v) is 10.2. The van der Waals surface area contributed by atoms with Crippen LogP contribution in [0.1, 0.15) is 56.7 Å². The van der Waals surface area contributed by atoms with Crippen molar-refractivity contribution >= 4 is 50.8 Å². The van der Waals surface area contributed by atoms with Gasteiger partial charge in [0.05, 0.1) is 45.8 Å². The number of nitrogens with zero attached hydrogens (tertiary/aromatic N) is 2. The summed E-state index contributed by atoms with van der Waals surface area (Å²) in [4.78, 5) is 32.4. The summed E-state index contributed by atoms with van der Waals surface area (Å²) in [5, 5.41) is 9.55. The van der Waals surface area contributed by atoms with Crippen molar-refractivity contribution in [2.75, 3.05) is 10.7 Å². The predicted octanol–water partition coefficient (Wildman–Crippen LogP) is 7.17. The number of para-hydroxylation sites is 1. The zero-order valence-corrected chi connectivity index (χ0v) is 24.9. The van der Waals surface area contributed by atoms with Crippen LogP contribution in [0.2, 0.25) is 0 Å². The second-order valence-electron chi connectivity index (χ2n) is 10.7. The van der Waals surface area contributed by atoms with Crippen LogP contribution < -0.4 is 4.90 Å². The lowest BCUT2D eigenvalue weighted by Gasteiger charge is -2.41. The van der Waals surface area contributed by atoms with E-state index < -0.39 is 6.29 Å². The van der Waals surface area contributed by atoms with Gasteiger partial charge in [0, 0.05) is 17.2 Å². The van der Waals surface area contributed by atoms with Gasteiger partial charge in [0.2, 0.25) is 0 Å². The van der Waals surface area contributed by atoms with E-state index in [4.69, 9.17) is 14.5 Å². The van der Waals surface area contributed by atoms with Crippen molar-refractivity contribution in [1.29, 1.82) is 0 Å². The molecule has 216 valence electrons. The summed E-state index contributed by atoms with van der Waals surface area (Å²) in [7, 11) is 0. The first-order chi connectivity index (χ1) is 21.0. The van der Waals surface area contributed by atoms with Crippen LogP contribution in [-0.4, -0.2) is 33.8 Å². The molecule has 5 aromatic rings. The van der Waals surface area contributed by atoms with E-state index in [-0.39, 0.29) is 36.5 Å². The first kappa shape index (κ1) is 27.9. The van der Waals surface area contributed by atoms with E-state index in [2.05, 4.69) is 13.0 Å². The number of hydrogen-bond donors (Lipinski definition) is 1. The van der Waals surface area contributed by atoms with Gasteiger partial charge >= 0.3 is 0 Å². The zero-order chi connectivity index (χ0) is 29.5. The van der Waals surface area contributed by atoms with Crippen LogP contribution in [0.4, 0.5) is 5.69 Å². The largest absolute Gasteiger partial charge is 0.392 e. The van der Waals surface area contributed by atoms with E-state index in [9.17, 15) is 14.7 Å². The highest BCUT2D eigenvalue weighted by atomic mass is 32.2. The molecule has 1 N–H and O–H groups in total. The molecule has 1 aromatic heterocycles. The Hall–Kier alpha value is -3.86. The molecule has 0 radical (unpaired) electrons. The predicted molar refractivity (Wildman–Crippen MR) is 167 cm³/mol. The van der Waals surface area contributed by atoms with Gasteiger partial charge < -0.3 is 14.6 Å².